The number of carbonyl (C=O) groups is 2. The van der Waals surface area contributed by atoms with E-state index in [0.29, 0.717) is 18.7 Å². The van der Waals surface area contributed by atoms with Crippen LogP contribution >= 0.6 is 0 Å². The molecule has 3 aromatic carbocycles. The van der Waals surface area contributed by atoms with Crippen LogP contribution in [0.3, 0.4) is 0 Å². The smallest absolute Gasteiger partial charge is 0.264 e. The van der Waals surface area contributed by atoms with Crippen LogP contribution in [-0.4, -0.2) is 33.3 Å². The molecule has 1 aliphatic rings. The number of nitrogens with one attached hydrogen (secondary N) is 1. The molecule has 2 amide bonds. The van der Waals surface area contributed by atoms with Gasteiger partial charge in [0.2, 0.25) is 11.8 Å². The largest absolute Gasteiger partial charge is 0.325 e. The van der Waals surface area contributed by atoms with Gasteiger partial charge in [0.15, 0.2) is 0 Å². The van der Waals surface area contributed by atoms with Crippen molar-refractivity contribution < 1.29 is 26.8 Å². The molecule has 0 radical (unpaired) electrons. The summed E-state index contributed by atoms with van der Waals surface area (Å²) < 4.78 is 54.2. The standard InChI is InChI=1S/C25H23F2N3O4S/c1-17-15-20(8-13-23(17)29-14-2-3-25(29)32)28-24(31)16-30(21-9-4-18(26)5-10-21)35(33,34)22-11-6-19(27)7-12-22/h4-13,15H,2-3,14,16H2,1H3,(H,28,31). The summed E-state index contributed by atoms with van der Waals surface area (Å²) in [6, 6.07) is 14.0. The Bertz CT molecular complexity index is 1360. The summed E-state index contributed by atoms with van der Waals surface area (Å²) in [7, 11) is -4.26. The maximum absolute atomic E-state index is 13.5. The number of aryl methyl sites for hydroxylation is 1. The lowest BCUT2D eigenvalue weighted by molar-refractivity contribution is -0.117. The second-order valence-electron chi connectivity index (χ2n) is 8.14. The number of amides is 2. The highest BCUT2D eigenvalue weighted by molar-refractivity contribution is 7.92. The molecule has 0 saturated carbocycles. The van der Waals surface area contributed by atoms with Crippen LogP contribution in [0.4, 0.5) is 25.8 Å². The molecule has 182 valence electrons. The fourth-order valence-corrected chi connectivity index (χ4v) is 5.35. The number of nitrogens with zero attached hydrogens (tertiary/aromatic N) is 2. The van der Waals surface area contributed by atoms with Gasteiger partial charge in [0.05, 0.1) is 10.6 Å². The van der Waals surface area contributed by atoms with Crippen molar-refractivity contribution in [1.29, 1.82) is 0 Å². The molecule has 1 fully saturated rings. The molecule has 0 spiro atoms. The van der Waals surface area contributed by atoms with Gasteiger partial charge >= 0.3 is 0 Å². The lowest BCUT2D eigenvalue weighted by Gasteiger charge is -2.24. The average molecular weight is 500 g/mol. The molecule has 1 aliphatic heterocycles. The van der Waals surface area contributed by atoms with Gasteiger partial charge in [-0.15, -0.1) is 0 Å². The lowest BCUT2D eigenvalue weighted by atomic mass is 10.1. The minimum Gasteiger partial charge on any atom is -0.325 e. The zero-order valence-electron chi connectivity index (χ0n) is 18.9. The summed E-state index contributed by atoms with van der Waals surface area (Å²) in [6.45, 7) is 1.86. The van der Waals surface area contributed by atoms with Gasteiger partial charge in [-0.2, -0.15) is 0 Å². The number of rotatable bonds is 7. The van der Waals surface area contributed by atoms with E-state index in [1.165, 1.54) is 12.1 Å². The first-order chi connectivity index (χ1) is 16.6. The van der Waals surface area contributed by atoms with E-state index in [4.69, 9.17) is 0 Å². The summed E-state index contributed by atoms with van der Waals surface area (Å²) in [5.41, 5.74) is 2.05. The number of hydrogen-bond acceptors (Lipinski definition) is 4. The highest BCUT2D eigenvalue weighted by atomic mass is 32.2. The Labute approximate surface area is 202 Å². The average Bonchev–Trinajstić information content (AvgIpc) is 3.24. The Hall–Kier alpha value is -3.79. The van der Waals surface area contributed by atoms with Gasteiger partial charge < -0.3 is 10.2 Å². The Morgan fingerprint density at radius 1 is 1.00 bits per heavy atom. The molecule has 1 N–H and O–H groups in total. The van der Waals surface area contributed by atoms with Crippen molar-refractivity contribution in [3.8, 4) is 0 Å². The lowest BCUT2D eigenvalue weighted by Crippen LogP contribution is -2.38. The minimum absolute atomic E-state index is 0.0471. The first-order valence-electron chi connectivity index (χ1n) is 10.9. The summed E-state index contributed by atoms with van der Waals surface area (Å²) in [6.07, 6.45) is 1.29. The number of benzene rings is 3. The van der Waals surface area contributed by atoms with Gasteiger partial charge in [0.25, 0.3) is 10.0 Å². The molecule has 1 heterocycles. The van der Waals surface area contributed by atoms with Crippen LogP contribution in [0.5, 0.6) is 0 Å². The van der Waals surface area contributed by atoms with E-state index in [0.717, 1.165) is 58.4 Å². The molecule has 0 aromatic heterocycles. The maximum atomic E-state index is 13.5. The second kappa shape index (κ2) is 9.83. The zero-order valence-corrected chi connectivity index (χ0v) is 19.7. The number of sulfonamides is 1. The number of hydrogen-bond donors (Lipinski definition) is 1. The van der Waals surface area contributed by atoms with Gasteiger partial charge in [-0.05, 0) is 85.6 Å². The first kappa shape index (κ1) is 24.3. The predicted octanol–water partition coefficient (Wildman–Crippen LogP) is 4.23. The molecule has 0 unspecified atom stereocenters. The predicted molar refractivity (Wildman–Crippen MR) is 129 cm³/mol. The summed E-state index contributed by atoms with van der Waals surface area (Å²) >= 11 is 0. The molecule has 10 heteroatoms. The van der Waals surface area contributed by atoms with Gasteiger partial charge in [-0.25, -0.2) is 17.2 Å². The Balaban J connectivity index is 1.58. The highest BCUT2D eigenvalue weighted by Crippen LogP contribution is 2.28. The number of carbonyl (C=O) groups excluding carboxylic acids is 2. The summed E-state index contributed by atoms with van der Waals surface area (Å²) in [5, 5.41) is 2.67. The molecule has 4 rings (SSSR count). The van der Waals surface area contributed by atoms with Crippen LogP contribution in [-0.2, 0) is 19.6 Å². The van der Waals surface area contributed by atoms with Crippen molar-refractivity contribution >= 4 is 38.9 Å². The van der Waals surface area contributed by atoms with Crippen LogP contribution in [0.2, 0.25) is 0 Å². The zero-order chi connectivity index (χ0) is 25.2. The van der Waals surface area contributed by atoms with Gasteiger partial charge in [0.1, 0.15) is 18.2 Å². The van der Waals surface area contributed by atoms with Crippen molar-refractivity contribution in [2.24, 2.45) is 0 Å². The molecular formula is C25H23F2N3O4S. The van der Waals surface area contributed by atoms with E-state index in [9.17, 15) is 26.8 Å². The fraction of sp³-hybridized carbons (Fsp3) is 0.200. The van der Waals surface area contributed by atoms with Crippen LogP contribution in [0, 0.1) is 18.6 Å². The van der Waals surface area contributed by atoms with Crippen molar-refractivity contribution in [3.05, 3.63) is 83.9 Å². The van der Waals surface area contributed by atoms with Gasteiger partial charge in [-0.3, -0.25) is 13.9 Å². The first-order valence-corrected chi connectivity index (χ1v) is 12.3. The summed E-state index contributed by atoms with van der Waals surface area (Å²) in [4.78, 5) is 26.4. The van der Waals surface area contributed by atoms with Crippen molar-refractivity contribution in [2.75, 3.05) is 27.6 Å². The topological polar surface area (TPSA) is 86.8 Å². The van der Waals surface area contributed by atoms with Gasteiger partial charge in [0, 0.05) is 24.3 Å². The Kier molecular flexibility index (Phi) is 6.83. The Morgan fingerprint density at radius 2 is 1.63 bits per heavy atom. The molecule has 3 aromatic rings. The quantitative estimate of drug-likeness (QED) is 0.527. The van der Waals surface area contributed by atoms with E-state index in [-0.39, 0.29) is 16.5 Å². The van der Waals surface area contributed by atoms with E-state index in [1.807, 2.05) is 6.92 Å². The third-order valence-corrected chi connectivity index (χ3v) is 7.44. The third kappa shape index (κ3) is 5.32. The van der Waals surface area contributed by atoms with Crippen LogP contribution < -0.4 is 14.5 Å². The molecular weight excluding hydrogens is 476 g/mol. The second-order valence-corrected chi connectivity index (χ2v) is 10.0. The Morgan fingerprint density at radius 3 is 2.20 bits per heavy atom. The fourth-order valence-electron chi connectivity index (χ4n) is 3.93. The number of anilines is 3. The molecule has 0 atom stereocenters. The van der Waals surface area contributed by atoms with Gasteiger partial charge in [-0.1, -0.05) is 0 Å². The maximum Gasteiger partial charge on any atom is 0.264 e. The van der Waals surface area contributed by atoms with Crippen molar-refractivity contribution in [1.82, 2.24) is 0 Å². The number of halogens is 2. The van der Waals surface area contributed by atoms with E-state index in [2.05, 4.69) is 5.32 Å². The molecule has 35 heavy (non-hydrogen) atoms. The van der Waals surface area contributed by atoms with E-state index >= 15 is 0 Å². The minimum atomic E-state index is -4.26. The molecule has 1 saturated heterocycles. The van der Waals surface area contributed by atoms with Crippen LogP contribution in [0.1, 0.15) is 18.4 Å². The molecule has 0 bridgehead atoms. The summed E-state index contributed by atoms with van der Waals surface area (Å²) in [5.74, 6) is -1.76. The van der Waals surface area contributed by atoms with E-state index < -0.39 is 34.1 Å². The van der Waals surface area contributed by atoms with Crippen LogP contribution in [0.15, 0.2) is 71.6 Å². The monoisotopic (exact) mass is 499 g/mol. The van der Waals surface area contributed by atoms with Crippen molar-refractivity contribution in [3.63, 3.8) is 0 Å². The van der Waals surface area contributed by atoms with E-state index in [1.54, 1.807) is 23.1 Å². The molecule has 0 aliphatic carbocycles. The molecule has 7 nitrogen and oxygen atoms in total. The van der Waals surface area contributed by atoms with Crippen molar-refractivity contribution in [2.45, 2.75) is 24.7 Å². The van der Waals surface area contributed by atoms with Crippen LogP contribution in [0.25, 0.3) is 0 Å². The normalized spacial score (nSPS) is 13.7. The third-order valence-electron chi connectivity index (χ3n) is 5.65. The highest BCUT2D eigenvalue weighted by Gasteiger charge is 2.28. The SMILES string of the molecule is Cc1cc(NC(=O)CN(c2ccc(F)cc2)S(=O)(=O)c2ccc(F)cc2)ccc1N1CCCC1=O.